The average molecular weight is 1240 g/mol. The number of unbranched alkanes of at least 4 members (excludes halogenated alkanes) is 14. The number of ketones is 5. The Hall–Kier alpha value is -7.10. The smallest absolute Gasteiger partial charge is 0.326 e. The van der Waals surface area contributed by atoms with Crippen molar-refractivity contribution < 1.29 is 83.1 Å². The number of aliphatic hydroxyl groups excluding tert-OH is 2. The maximum absolute atomic E-state index is 13.7. The van der Waals surface area contributed by atoms with E-state index >= 15 is 0 Å². The van der Waals surface area contributed by atoms with Crippen LogP contribution in [0.25, 0.3) is 0 Å². The molecular formula is C61H98N10O17. The molecule has 27 nitrogen and oxygen atoms in total. The number of carboxylic acids is 3. The number of aromatic nitrogens is 4. The Morgan fingerprint density at radius 2 is 1.08 bits per heavy atom. The van der Waals surface area contributed by atoms with Crippen LogP contribution in [-0.4, -0.2) is 179 Å². The van der Waals surface area contributed by atoms with Gasteiger partial charge in [0.1, 0.15) is 35.5 Å². The number of aromatic amines is 2. The molecule has 0 saturated carbocycles. The van der Waals surface area contributed by atoms with Gasteiger partial charge in [0.15, 0.2) is 11.6 Å². The molecule has 7 atom stereocenters. The first kappa shape index (κ1) is 77.0. The molecule has 0 fully saturated rings. The van der Waals surface area contributed by atoms with E-state index < -0.39 is 128 Å². The third kappa shape index (κ3) is 36.3. The van der Waals surface area contributed by atoms with Gasteiger partial charge in [-0.1, -0.05) is 83.5 Å². The van der Waals surface area contributed by atoms with Crippen LogP contribution >= 0.6 is 0 Å². The largest absolute Gasteiger partial charge is 0.481 e. The maximum atomic E-state index is 13.7. The molecule has 2 rings (SSSR count). The minimum atomic E-state index is -1.56. The summed E-state index contributed by atoms with van der Waals surface area (Å²) in [5.41, 5.74) is 1.44. The van der Waals surface area contributed by atoms with Gasteiger partial charge in [-0.3, -0.25) is 52.7 Å². The van der Waals surface area contributed by atoms with Gasteiger partial charge in [-0.05, 0) is 65.2 Å². The SMILES string of the molecule is CC(=O)[C@@H](NC(=O)[C@H](CCCCNC(=O)CNCC(=O)[C@H](CO)NC(=O)CC[C@H](NC(=O)CC[C@H](CC(=O)CCCCCCCCCCCCCCCCC(=O)O)C(=O)O)C(=O)O)CCC(=O)[C@H](Cc1cnc[nH]1)NCC(=O)CCc1cnc[nH]1)[C@@H](C)O. The summed E-state index contributed by atoms with van der Waals surface area (Å²) < 4.78 is 0. The number of nitrogens with one attached hydrogen (secondary N) is 8. The number of carbonyl (C=O) groups is 12. The molecular weight excluding hydrogens is 1140 g/mol. The summed E-state index contributed by atoms with van der Waals surface area (Å²) in [6.45, 7) is 1.06. The molecule has 27 heteroatoms. The number of carboxylic acid groups (broad SMARTS) is 3. The van der Waals surface area contributed by atoms with Crippen LogP contribution in [0.3, 0.4) is 0 Å². The summed E-state index contributed by atoms with van der Waals surface area (Å²) in [7, 11) is 0. The van der Waals surface area contributed by atoms with Crippen molar-refractivity contribution in [2.75, 3.05) is 32.8 Å². The molecule has 0 bridgehead atoms. The van der Waals surface area contributed by atoms with Crippen molar-refractivity contribution in [1.29, 1.82) is 0 Å². The lowest BCUT2D eigenvalue weighted by Gasteiger charge is -2.24. The monoisotopic (exact) mass is 1240 g/mol. The lowest BCUT2D eigenvalue weighted by Crippen LogP contribution is -2.49. The zero-order valence-electron chi connectivity index (χ0n) is 51.4. The number of aryl methyl sites for hydroxylation is 1. The van der Waals surface area contributed by atoms with E-state index in [1.807, 2.05) is 0 Å². The van der Waals surface area contributed by atoms with Gasteiger partial charge in [0.2, 0.25) is 23.6 Å². The number of hydrogen-bond acceptors (Lipinski definition) is 18. The first-order valence-electron chi connectivity index (χ1n) is 31.2. The first-order chi connectivity index (χ1) is 42.1. The zero-order chi connectivity index (χ0) is 65.1. The van der Waals surface area contributed by atoms with E-state index in [1.165, 1.54) is 52.2 Å². The van der Waals surface area contributed by atoms with E-state index in [-0.39, 0.29) is 94.8 Å². The van der Waals surface area contributed by atoms with E-state index in [0.29, 0.717) is 31.4 Å². The predicted octanol–water partition coefficient (Wildman–Crippen LogP) is 3.29. The van der Waals surface area contributed by atoms with Crippen LogP contribution in [0.4, 0.5) is 0 Å². The number of rotatable bonds is 56. The van der Waals surface area contributed by atoms with Gasteiger partial charge < -0.3 is 67.4 Å². The Kier molecular flexibility index (Phi) is 40.3. The molecule has 0 spiro atoms. The van der Waals surface area contributed by atoms with Crippen LogP contribution in [0.2, 0.25) is 0 Å². The fraction of sp³-hybridized carbons (Fsp3) is 0.705. The summed E-state index contributed by atoms with van der Waals surface area (Å²) >= 11 is 0. The number of carbonyl (C=O) groups excluding carboxylic acids is 9. The molecule has 2 heterocycles. The second kappa shape index (κ2) is 46.1. The number of nitrogens with zero attached hydrogens (tertiary/aromatic N) is 2. The Morgan fingerprint density at radius 1 is 0.523 bits per heavy atom. The Morgan fingerprint density at radius 3 is 1.61 bits per heavy atom. The van der Waals surface area contributed by atoms with Gasteiger partial charge in [-0.15, -0.1) is 0 Å². The van der Waals surface area contributed by atoms with Crippen molar-refractivity contribution in [3.05, 3.63) is 36.4 Å². The van der Waals surface area contributed by atoms with E-state index in [1.54, 1.807) is 12.4 Å². The van der Waals surface area contributed by atoms with Crippen molar-refractivity contribution in [2.45, 2.75) is 230 Å². The van der Waals surface area contributed by atoms with Crippen LogP contribution in [0.1, 0.15) is 199 Å². The van der Waals surface area contributed by atoms with Crippen LogP contribution in [-0.2, 0) is 70.4 Å². The molecule has 0 aliphatic rings. The molecule has 2 aromatic heterocycles. The van der Waals surface area contributed by atoms with Crippen molar-refractivity contribution in [1.82, 2.24) is 51.8 Å². The maximum Gasteiger partial charge on any atom is 0.326 e. The third-order valence-corrected chi connectivity index (χ3v) is 15.2. The lowest BCUT2D eigenvalue weighted by molar-refractivity contribution is -0.145. The van der Waals surface area contributed by atoms with E-state index in [2.05, 4.69) is 51.8 Å². The number of hydrogen-bond donors (Lipinski definition) is 13. The summed E-state index contributed by atoms with van der Waals surface area (Å²) in [5, 5.41) is 63.8. The molecule has 0 radical (unpaired) electrons. The van der Waals surface area contributed by atoms with Crippen molar-refractivity contribution in [3.8, 4) is 0 Å². The highest BCUT2D eigenvalue weighted by Gasteiger charge is 2.30. The normalized spacial score (nSPS) is 13.6. The Balaban J connectivity index is 1.73. The highest BCUT2D eigenvalue weighted by molar-refractivity contribution is 5.92. The molecule has 13 N–H and O–H groups in total. The summed E-state index contributed by atoms with van der Waals surface area (Å²) in [4.78, 5) is 164. The molecule has 494 valence electrons. The van der Waals surface area contributed by atoms with E-state index in [4.69, 9.17) is 5.11 Å². The number of H-pyrrole nitrogens is 2. The van der Waals surface area contributed by atoms with Crippen molar-refractivity contribution in [3.63, 3.8) is 0 Å². The van der Waals surface area contributed by atoms with E-state index in [9.17, 15) is 78.0 Å². The van der Waals surface area contributed by atoms with Gasteiger partial charge in [0.25, 0.3) is 0 Å². The number of aliphatic carboxylic acids is 3. The quantitative estimate of drug-likeness (QED) is 0.0423. The molecule has 2 aromatic rings. The molecule has 0 aliphatic carbocycles. The fourth-order valence-corrected chi connectivity index (χ4v) is 9.90. The van der Waals surface area contributed by atoms with Gasteiger partial charge in [0, 0.05) is 87.6 Å². The second-order valence-electron chi connectivity index (χ2n) is 22.7. The highest BCUT2D eigenvalue weighted by atomic mass is 16.4. The fourth-order valence-electron chi connectivity index (χ4n) is 9.90. The Labute approximate surface area is 515 Å². The number of aliphatic hydroxyl groups is 2. The van der Waals surface area contributed by atoms with Crippen LogP contribution in [0, 0.1) is 11.8 Å². The minimum absolute atomic E-state index is 0.0711. The molecule has 88 heavy (non-hydrogen) atoms. The van der Waals surface area contributed by atoms with Crippen molar-refractivity contribution in [2.24, 2.45) is 11.8 Å². The van der Waals surface area contributed by atoms with Gasteiger partial charge in [-0.25, -0.2) is 14.8 Å². The Bertz CT molecular complexity index is 2440. The lowest BCUT2D eigenvalue weighted by atomic mass is 9.91. The number of Topliss-reactive ketones (excluding diaryl/α,β-unsaturated/α-hetero) is 5. The predicted molar refractivity (Wildman–Crippen MR) is 322 cm³/mol. The van der Waals surface area contributed by atoms with E-state index in [0.717, 1.165) is 63.5 Å². The second-order valence-corrected chi connectivity index (χ2v) is 22.7. The standard InChI is InChI=1S/C61H98N10O17/c1-41(73)58(42(2)74)71-59(84)43(22-27-52(77)50(32-46-34-64-40-68-46)66-35-48(76)25-24-45-33-63-39-67-45)19-17-18-30-65-56(81)37-62-36-53(78)51(38-72)70-55(80)29-26-49(61(87)88)69-54(79)28-23-44(60(85)86)31-47(75)20-15-13-11-9-7-5-3-4-6-8-10-12-14-16-21-57(82)83/h33-34,39-41,43-44,49-51,58,62,66,72-73H,3-32,35-38H2,1-2H3,(H,63,67)(H,64,68)(H,65,81)(H,69,79)(H,70,80)(H,71,84)(H,82,83)(H,85,86)(H,87,88)/t41-,43-,44-,49+,50+,51+,58+/m1/s1. The first-order valence-corrected chi connectivity index (χ1v) is 31.2. The van der Waals surface area contributed by atoms with Crippen LogP contribution < -0.4 is 31.9 Å². The van der Waals surface area contributed by atoms with Gasteiger partial charge in [0.05, 0.1) is 57.0 Å². The minimum Gasteiger partial charge on any atom is -0.481 e. The number of amides is 4. The molecule has 0 unspecified atom stereocenters. The van der Waals surface area contributed by atoms with Gasteiger partial charge in [-0.2, -0.15) is 0 Å². The van der Waals surface area contributed by atoms with Crippen LogP contribution in [0.15, 0.2) is 25.0 Å². The van der Waals surface area contributed by atoms with Crippen LogP contribution in [0.5, 0.6) is 0 Å². The summed E-state index contributed by atoms with van der Waals surface area (Å²) in [6.07, 6.45) is 19.8. The molecule has 4 amide bonds. The topological polar surface area (TPSA) is 436 Å². The average Bonchev–Trinajstić information content (AvgIpc) is 4.26. The number of imidazole rings is 2. The molecule has 0 saturated heterocycles. The van der Waals surface area contributed by atoms with Gasteiger partial charge >= 0.3 is 17.9 Å². The third-order valence-electron chi connectivity index (χ3n) is 15.2. The molecule has 0 aliphatic heterocycles. The molecule has 0 aromatic carbocycles. The highest BCUT2D eigenvalue weighted by Crippen LogP contribution is 2.20. The van der Waals surface area contributed by atoms with Crippen molar-refractivity contribution >= 4 is 70.5 Å². The summed E-state index contributed by atoms with van der Waals surface area (Å²) in [6, 6.07) is -4.96. The zero-order valence-corrected chi connectivity index (χ0v) is 51.4. The summed E-state index contributed by atoms with van der Waals surface area (Å²) in [5.74, 6) is -9.87.